The molecule has 0 aliphatic heterocycles. The molecule has 3 N–H and O–H groups in total. The van der Waals surface area contributed by atoms with Gasteiger partial charge >= 0.3 is 0 Å². The van der Waals surface area contributed by atoms with Crippen LogP contribution < -0.4 is 15.8 Å². The van der Waals surface area contributed by atoms with Crippen LogP contribution in [0.1, 0.15) is 12.0 Å². The fourth-order valence-corrected chi connectivity index (χ4v) is 2.58. The fraction of sp³-hybridized carbons (Fsp3) is 0.235. The van der Waals surface area contributed by atoms with Crippen LogP contribution in [0.25, 0.3) is 0 Å². The summed E-state index contributed by atoms with van der Waals surface area (Å²) in [6.45, 7) is 0. The quantitative estimate of drug-likeness (QED) is 0.631. The average molecular weight is 316 g/mol. The van der Waals surface area contributed by atoms with Crippen LogP contribution >= 0.6 is 11.8 Å². The van der Waals surface area contributed by atoms with Crippen molar-refractivity contribution < 1.29 is 9.53 Å². The van der Waals surface area contributed by atoms with Gasteiger partial charge in [-0.15, -0.1) is 11.8 Å². The van der Waals surface area contributed by atoms with E-state index in [1.54, 1.807) is 18.9 Å². The second kappa shape index (κ2) is 7.75. The molecule has 0 saturated heterocycles. The lowest BCUT2D eigenvalue weighted by Crippen LogP contribution is -2.12. The highest BCUT2D eigenvalue weighted by molar-refractivity contribution is 7.98. The van der Waals surface area contributed by atoms with Crippen molar-refractivity contribution in [2.24, 2.45) is 0 Å². The van der Waals surface area contributed by atoms with Crippen LogP contribution in [0, 0.1) is 0 Å². The molecule has 116 valence electrons. The number of ether oxygens (including phenoxy) is 1. The number of hydrogen-bond donors (Lipinski definition) is 2. The molecule has 0 unspecified atom stereocenters. The van der Waals surface area contributed by atoms with Crippen LogP contribution in [0.4, 0.5) is 11.4 Å². The Morgan fingerprint density at radius 2 is 2.09 bits per heavy atom. The van der Waals surface area contributed by atoms with E-state index in [1.165, 1.54) is 0 Å². The van der Waals surface area contributed by atoms with Crippen LogP contribution in [0.2, 0.25) is 0 Å². The van der Waals surface area contributed by atoms with Gasteiger partial charge in [0.25, 0.3) is 0 Å². The fourth-order valence-electron chi connectivity index (χ4n) is 2.12. The van der Waals surface area contributed by atoms with Gasteiger partial charge in [-0.1, -0.05) is 12.1 Å². The summed E-state index contributed by atoms with van der Waals surface area (Å²) in [7, 11) is 1.58. The van der Waals surface area contributed by atoms with Crippen molar-refractivity contribution in [3.63, 3.8) is 0 Å². The monoisotopic (exact) mass is 316 g/mol. The zero-order chi connectivity index (χ0) is 15.9. The number of anilines is 2. The molecule has 0 spiro atoms. The molecule has 0 saturated carbocycles. The van der Waals surface area contributed by atoms with E-state index in [9.17, 15) is 4.79 Å². The van der Waals surface area contributed by atoms with Gasteiger partial charge < -0.3 is 15.8 Å². The van der Waals surface area contributed by atoms with Crippen molar-refractivity contribution in [3.8, 4) is 5.75 Å². The smallest absolute Gasteiger partial charge is 0.224 e. The minimum absolute atomic E-state index is 0.00681. The van der Waals surface area contributed by atoms with E-state index < -0.39 is 0 Å². The van der Waals surface area contributed by atoms with Gasteiger partial charge in [-0.3, -0.25) is 4.79 Å². The van der Waals surface area contributed by atoms with E-state index in [2.05, 4.69) is 5.32 Å². The number of rotatable bonds is 6. The Morgan fingerprint density at radius 1 is 1.27 bits per heavy atom. The number of hydrogen-bond acceptors (Lipinski definition) is 4. The Hall–Kier alpha value is -2.14. The third-order valence-electron chi connectivity index (χ3n) is 3.29. The van der Waals surface area contributed by atoms with Crippen LogP contribution in [-0.2, 0) is 11.2 Å². The first-order chi connectivity index (χ1) is 10.6. The van der Waals surface area contributed by atoms with Crippen molar-refractivity contribution in [3.05, 3.63) is 48.0 Å². The highest BCUT2D eigenvalue weighted by Crippen LogP contribution is 2.23. The number of carbonyl (C=O) groups excluding carboxylic acids is 1. The van der Waals surface area contributed by atoms with Crippen molar-refractivity contribution in [2.45, 2.75) is 17.7 Å². The number of methoxy groups -OCH3 is 1. The van der Waals surface area contributed by atoms with Crippen LogP contribution in [0.5, 0.6) is 5.75 Å². The zero-order valence-corrected chi connectivity index (χ0v) is 13.6. The standard InChI is InChI=1S/C17H20N2O2S/c1-21-16-8-6-12(10-15(16)18)7-9-17(20)19-13-4-3-5-14(11-13)22-2/h3-6,8,10-11H,7,9,18H2,1-2H3,(H,19,20). The lowest BCUT2D eigenvalue weighted by atomic mass is 10.1. The van der Waals surface area contributed by atoms with E-state index >= 15 is 0 Å². The van der Waals surface area contributed by atoms with Crippen LogP contribution in [0.15, 0.2) is 47.4 Å². The number of amides is 1. The predicted molar refractivity (Wildman–Crippen MR) is 92.6 cm³/mol. The molecule has 1 amide bonds. The largest absolute Gasteiger partial charge is 0.495 e. The molecular weight excluding hydrogens is 296 g/mol. The molecule has 0 fully saturated rings. The summed E-state index contributed by atoms with van der Waals surface area (Å²) in [6.07, 6.45) is 3.06. The van der Waals surface area contributed by atoms with Gasteiger partial charge in [-0.05, 0) is 48.6 Å². The third kappa shape index (κ3) is 4.43. The molecule has 0 bridgehead atoms. The maximum atomic E-state index is 12.0. The van der Waals surface area contributed by atoms with Crippen molar-refractivity contribution in [1.82, 2.24) is 0 Å². The molecule has 2 rings (SSSR count). The summed E-state index contributed by atoms with van der Waals surface area (Å²) < 4.78 is 5.12. The van der Waals surface area contributed by atoms with E-state index in [1.807, 2.05) is 48.7 Å². The molecule has 22 heavy (non-hydrogen) atoms. The van der Waals surface area contributed by atoms with Gasteiger partial charge in [0.2, 0.25) is 5.91 Å². The molecule has 0 radical (unpaired) electrons. The second-order valence-corrected chi connectivity index (χ2v) is 5.74. The molecule has 0 atom stereocenters. The van der Waals surface area contributed by atoms with Gasteiger partial charge in [-0.2, -0.15) is 0 Å². The van der Waals surface area contributed by atoms with Crippen molar-refractivity contribution in [2.75, 3.05) is 24.4 Å². The number of nitrogen functional groups attached to an aromatic ring is 1. The molecule has 0 heterocycles. The number of benzene rings is 2. The third-order valence-corrected chi connectivity index (χ3v) is 4.01. The lowest BCUT2D eigenvalue weighted by molar-refractivity contribution is -0.116. The molecule has 5 heteroatoms. The van der Waals surface area contributed by atoms with E-state index in [-0.39, 0.29) is 5.91 Å². The van der Waals surface area contributed by atoms with Crippen LogP contribution in [0.3, 0.4) is 0 Å². The Labute approximate surface area is 135 Å². The lowest BCUT2D eigenvalue weighted by Gasteiger charge is -2.08. The summed E-state index contributed by atoms with van der Waals surface area (Å²) in [4.78, 5) is 13.1. The molecular formula is C17H20N2O2S. The molecule has 4 nitrogen and oxygen atoms in total. The van der Waals surface area contributed by atoms with Crippen molar-refractivity contribution in [1.29, 1.82) is 0 Å². The number of nitrogens with one attached hydrogen (secondary N) is 1. The number of thioether (sulfide) groups is 1. The normalized spacial score (nSPS) is 10.3. The van der Waals surface area contributed by atoms with E-state index in [0.717, 1.165) is 16.1 Å². The topological polar surface area (TPSA) is 64.3 Å². The molecule has 0 aromatic heterocycles. The molecule has 2 aromatic rings. The first-order valence-corrected chi connectivity index (χ1v) is 8.21. The minimum Gasteiger partial charge on any atom is -0.495 e. The molecule has 2 aromatic carbocycles. The molecule has 0 aliphatic carbocycles. The van der Waals surface area contributed by atoms with E-state index in [4.69, 9.17) is 10.5 Å². The summed E-state index contributed by atoms with van der Waals surface area (Å²) in [5.74, 6) is 0.648. The Morgan fingerprint density at radius 3 is 2.77 bits per heavy atom. The van der Waals surface area contributed by atoms with E-state index in [0.29, 0.717) is 24.3 Å². The first-order valence-electron chi connectivity index (χ1n) is 6.98. The van der Waals surface area contributed by atoms with Crippen LogP contribution in [-0.4, -0.2) is 19.3 Å². The Kier molecular flexibility index (Phi) is 5.72. The number of aryl methyl sites for hydroxylation is 1. The van der Waals surface area contributed by atoms with Gasteiger partial charge in [0.05, 0.1) is 12.8 Å². The van der Waals surface area contributed by atoms with Gasteiger partial charge in [0, 0.05) is 17.0 Å². The molecule has 0 aliphatic rings. The number of nitrogens with two attached hydrogens (primary N) is 1. The van der Waals surface area contributed by atoms with Gasteiger partial charge in [0.1, 0.15) is 5.75 Å². The maximum absolute atomic E-state index is 12.0. The summed E-state index contributed by atoms with van der Waals surface area (Å²) in [5, 5.41) is 2.92. The zero-order valence-electron chi connectivity index (χ0n) is 12.8. The minimum atomic E-state index is -0.00681. The van der Waals surface area contributed by atoms with Crippen molar-refractivity contribution >= 4 is 29.0 Å². The second-order valence-electron chi connectivity index (χ2n) is 4.86. The van der Waals surface area contributed by atoms with Gasteiger partial charge in [0.15, 0.2) is 0 Å². The summed E-state index contributed by atoms with van der Waals surface area (Å²) in [5.41, 5.74) is 8.30. The summed E-state index contributed by atoms with van der Waals surface area (Å²) in [6, 6.07) is 13.4. The average Bonchev–Trinajstić information content (AvgIpc) is 2.53. The Bertz CT molecular complexity index is 659. The highest BCUT2D eigenvalue weighted by atomic mass is 32.2. The highest BCUT2D eigenvalue weighted by Gasteiger charge is 2.06. The maximum Gasteiger partial charge on any atom is 0.224 e. The first kappa shape index (κ1) is 16.2. The summed E-state index contributed by atoms with van der Waals surface area (Å²) >= 11 is 1.65. The SMILES string of the molecule is COc1ccc(CCC(=O)Nc2cccc(SC)c2)cc1N. The van der Waals surface area contributed by atoms with Gasteiger partial charge in [-0.25, -0.2) is 0 Å². The number of carbonyl (C=O) groups is 1. The predicted octanol–water partition coefficient (Wildman–Crippen LogP) is 3.57. The Balaban J connectivity index is 1.91.